The zero-order valence-electron chi connectivity index (χ0n) is 12.4. The van der Waals surface area contributed by atoms with E-state index in [-0.39, 0.29) is 0 Å². The van der Waals surface area contributed by atoms with Crippen molar-refractivity contribution in [1.82, 2.24) is 0 Å². The summed E-state index contributed by atoms with van der Waals surface area (Å²) in [5.41, 5.74) is 3.61. The lowest BCUT2D eigenvalue weighted by Crippen LogP contribution is -2.50. The number of nitrogens with two attached hydrogens (primary N) is 1. The summed E-state index contributed by atoms with van der Waals surface area (Å²) in [7, 11) is 0. The van der Waals surface area contributed by atoms with Crippen LogP contribution in [0.2, 0.25) is 0 Å². The Morgan fingerprint density at radius 3 is 2.59 bits per heavy atom. The molecule has 0 aliphatic carbocycles. The van der Waals surface area contributed by atoms with E-state index in [0.29, 0.717) is 0 Å². The number of hydrazine groups is 2. The second-order valence-corrected chi connectivity index (χ2v) is 5.70. The number of aryl methyl sites for hydroxylation is 1. The summed E-state index contributed by atoms with van der Waals surface area (Å²) in [5.74, 6) is 6.51. The molecule has 0 fully saturated rings. The van der Waals surface area contributed by atoms with E-state index in [9.17, 15) is 0 Å². The fraction of sp³-hybridized carbons (Fsp3) is 0.158. The van der Waals surface area contributed by atoms with Crippen molar-refractivity contribution < 1.29 is 0 Å². The van der Waals surface area contributed by atoms with Crippen molar-refractivity contribution in [3.05, 3.63) is 72.3 Å². The minimum Gasteiger partial charge on any atom is -0.271 e. The van der Waals surface area contributed by atoms with E-state index in [2.05, 4.69) is 71.7 Å². The van der Waals surface area contributed by atoms with E-state index < -0.39 is 0 Å². The topological polar surface area (TPSA) is 32.5 Å². The number of fused-ring (bicyclic) bond motifs is 2. The highest BCUT2D eigenvalue weighted by atomic mass is 15.8. The quantitative estimate of drug-likeness (QED) is 0.574. The summed E-state index contributed by atoms with van der Waals surface area (Å²) in [5, 5.41) is 6.37. The van der Waals surface area contributed by atoms with Gasteiger partial charge in [0.1, 0.15) is 0 Å². The summed E-state index contributed by atoms with van der Waals surface area (Å²) in [4.78, 5) is 0. The second-order valence-electron chi connectivity index (χ2n) is 5.70. The third-order valence-electron chi connectivity index (χ3n) is 4.36. The van der Waals surface area contributed by atoms with Crippen molar-refractivity contribution in [1.29, 1.82) is 0 Å². The molecule has 0 saturated heterocycles. The van der Waals surface area contributed by atoms with Gasteiger partial charge in [-0.1, -0.05) is 54.6 Å². The van der Waals surface area contributed by atoms with Gasteiger partial charge in [0, 0.05) is 11.9 Å². The molecule has 0 atom stereocenters. The molecule has 4 rings (SSSR count). The van der Waals surface area contributed by atoms with Crippen LogP contribution in [0.4, 0.5) is 11.4 Å². The molecule has 3 aromatic carbocycles. The molecule has 110 valence electrons. The Labute approximate surface area is 130 Å². The Kier molecular flexibility index (Phi) is 3.20. The molecule has 0 aromatic heterocycles. The van der Waals surface area contributed by atoms with Gasteiger partial charge in [0.2, 0.25) is 0 Å². The van der Waals surface area contributed by atoms with Crippen LogP contribution >= 0.6 is 0 Å². The van der Waals surface area contributed by atoms with E-state index >= 15 is 0 Å². The summed E-state index contributed by atoms with van der Waals surface area (Å²) < 4.78 is 0. The Morgan fingerprint density at radius 2 is 1.64 bits per heavy atom. The van der Waals surface area contributed by atoms with Crippen molar-refractivity contribution >= 4 is 22.1 Å². The van der Waals surface area contributed by atoms with Crippen LogP contribution in [0.15, 0.2) is 66.7 Å². The molecule has 0 bridgehead atoms. The molecule has 0 amide bonds. The zero-order valence-corrected chi connectivity index (χ0v) is 12.4. The minimum absolute atomic E-state index is 0.941. The third-order valence-corrected chi connectivity index (χ3v) is 4.36. The third kappa shape index (κ3) is 2.11. The highest BCUT2D eigenvalue weighted by molar-refractivity contribution is 5.94. The van der Waals surface area contributed by atoms with Crippen LogP contribution in [0.1, 0.15) is 12.0 Å². The lowest BCUT2D eigenvalue weighted by molar-refractivity contribution is 0.663. The number of anilines is 2. The van der Waals surface area contributed by atoms with Crippen LogP contribution < -0.4 is 16.0 Å². The molecule has 0 unspecified atom stereocenters. The van der Waals surface area contributed by atoms with E-state index in [1.807, 2.05) is 0 Å². The van der Waals surface area contributed by atoms with Crippen molar-refractivity contribution in [2.75, 3.05) is 16.7 Å². The highest BCUT2D eigenvalue weighted by Gasteiger charge is 2.21. The average molecular weight is 289 g/mol. The second kappa shape index (κ2) is 5.35. The molecule has 1 heterocycles. The lowest BCUT2D eigenvalue weighted by atomic mass is 10.0. The lowest BCUT2D eigenvalue weighted by Gasteiger charge is -2.38. The van der Waals surface area contributed by atoms with Gasteiger partial charge in [-0.25, -0.2) is 11.0 Å². The molecular formula is C19H19N3. The Morgan fingerprint density at radius 1 is 0.864 bits per heavy atom. The first-order valence-corrected chi connectivity index (χ1v) is 7.72. The first-order valence-electron chi connectivity index (χ1n) is 7.72. The highest BCUT2D eigenvalue weighted by Crippen LogP contribution is 2.32. The molecule has 1 aliphatic heterocycles. The van der Waals surface area contributed by atoms with Crippen LogP contribution in [0.3, 0.4) is 0 Å². The van der Waals surface area contributed by atoms with E-state index in [1.54, 1.807) is 5.12 Å². The zero-order chi connectivity index (χ0) is 14.9. The van der Waals surface area contributed by atoms with Crippen LogP contribution in [0.5, 0.6) is 0 Å². The maximum atomic E-state index is 6.51. The predicted molar refractivity (Wildman–Crippen MR) is 92.7 cm³/mol. The first kappa shape index (κ1) is 13.2. The Hall–Kier alpha value is -2.52. The molecule has 3 heteroatoms. The fourth-order valence-corrected chi connectivity index (χ4v) is 3.28. The maximum absolute atomic E-state index is 6.51. The molecule has 0 saturated carbocycles. The predicted octanol–water partition coefficient (Wildman–Crippen LogP) is 3.89. The molecule has 22 heavy (non-hydrogen) atoms. The van der Waals surface area contributed by atoms with Gasteiger partial charge >= 0.3 is 0 Å². The van der Waals surface area contributed by atoms with Gasteiger partial charge in [-0.3, -0.25) is 5.01 Å². The SMILES string of the molecule is NN(c1cccc2ccccc12)N1CCCc2ccccc21. The maximum Gasteiger partial charge on any atom is 0.0834 e. The van der Waals surface area contributed by atoms with E-state index in [1.165, 1.54) is 22.0 Å². The van der Waals surface area contributed by atoms with Crippen LogP contribution in [-0.4, -0.2) is 6.54 Å². The summed E-state index contributed by atoms with van der Waals surface area (Å²) in [6, 6.07) is 23.2. The van der Waals surface area contributed by atoms with Gasteiger partial charge in [0.25, 0.3) is 0 Å². The summed E-state index contributed by atoms with van der Waals surface area (Å²) in [6.07, 6.45) is 2.24. The van der Waals surface area contributed by atoms with Gasteiger partial charge in [-0.2, -0.15) is 0 Å². The van der Waals surface area contributed by atoms with Crippen molar-refractivity contribution in [2.45, 2.75) is 12.8 Å². The van der Waals surface area contributed by atoms with Gasteiger partial charge in [0.15, 0.2) is 0 Å². The fourth-order valence-electron chi connectivity index (χ4n) is 3.28. The van der Waals surface area contributed by atoms with Gasteiger partial charge in [-0.15, -0.1) is 0 Å². The first-order chi connectivity index (χ1) is 10.8. The normalized spacial score (nSPS) is 14.0. The van der Waals surface area contributed by atoms with Crippen LogP contribution in [0, 0.1) is 0 Å². The summed E-state index contributed by atoms with van der Waals surface area (Å²) in [6.45, 7) is 0.941. The number of hydrogen-bond acceptors (Lipinski definition) is 3. The monoisotopic (exact) mass is 289 g/mol. The largest absolute Gasteiger partial charge is 0.271 e. The number of para-hydroxylation sites is 1. The van der Waals surface area contributed by atoms with Crippen LogP contribution in [0.25, 0.3) is 10.8 Å². The molecule has 1 aliphatic rings. The standard InChI is InChI=1S/C19H19N3/c20-22(19-13-5-9-15-7-1-3-11-17(15)19)21-14-6-10-16-8-2-4-12-18(16)21/h1-5,7-9,11-13H,6,10,14,20H2. The van der Waals surface area contributed by atoms with E-state index in [4.69, 9.17) is 5.84 Å². The number of benzene rings is 3. The smallest absolute Gasteiger partial charge is 0.0834 e. The average Bonchev–Trinajstić information content (AvgIpc) is 2.60. The molecule has 3 nitrogen and oxygen atoms in total. The number of nitrogens with zero attached hydrogens (tertiary/aromatic N) is 2. The van der Waals surface area contributed by atoms with Gasteiger partial charge in [0.05, 0.1) is 11.4 Å². The summed E-state index contributed by atoms with van der Waals surface area (Å²) >= 11 is 0. The van der Waals surface area contributed by atoms with Gasteiger partial charge < -0.3 is 0 Å². The minimum atomic E-state index is 0.941. The Balaban J connectivity index is 1.80. The van der Waals surface area contributed by atoms with Crippen molar-refractivity contribution in [3.8, 4) is 0 Å². The molecule has 3 aromatic rings. The van der Waals surface area contributed by atoms with Crippen molar-refractivity contribution in [3.63, 3.8) is 0 Å². The van der Waals surface area contributed by atoms with Gasteiger partial charge in [-0.05, 0) is 35.9 Å². The van der Waals surface area contributed by atoms with E-state index in [0.717, 1.165) is 25.1 Å². The van der Waals surface area contributed by atoms with Crippen molar-refractivity contribution in [2.24, 2.45) is 5.84 Å². The van der Waals surface area contributed by atoms with Crippen LogP contribution in [-0.2, 0) is 6.42 Å². The molecule has 0 spiro atoms. The molecular weight excluding hydrogens is 270 g/mol. The Bertz CT molecular complexity index is 807. The number of hydrogen-bond donors (Lipinski definition) is 1. The number of rotatable bonds is 2. The molecule has 2 N–H and O–H groups in total. The molecule has 0 radical (unpaired) electrons.